The van der Waals surface area contributed by atoms with Crippen LogP contribution in [0.3, 0.4) is 0 Å². The molecule has 142 valence electrons. The Hall–Kier alpha value is -2.41. The number of aryl methyl sites for hydroxylation is 1. The third-order valence-corrected chi connectivity index (χ3v) is 6.50. The van der Waals surface area contributed by atoms with Crippen LogP contribution in [0.1, 0.15) is 37.3 Å². The van der Waals surface area contributed by atoms with Crippen LogP contribution in [0, 0.1) is 5.41 Å². The summed E-state index contributed by atoms with van der Waals surface area (Å²) in [5.74, 6) is -0.770. The molecule has 4 heterocycles. The molecule has 7 nitrogen and oxygen atoms in total. The minimum Gasteiger partial charge on any atom is -0.369 e. The van der Waals surface area contributed by atoms with Crippen molar-refractivity contribution in [2.75, 3.05) is 31.1 Å². The van der Waals surface area contributed by atoms with Crippen LogP contribution in [-0.2, 0) is 16.6 Å². The zero-order valence-electron chi connectivity index (χ0n) is 15.6. The molecule has 5 rings (SSSR count). The molecule has 1 aromatic heterocycles. The normalized spacial score (nSPS) is 24.9. The maximum Gasteiger partial charge on any atom is 0.235 e. The molecular weight excluding hydrogens is 342 g/mol. The van der Waals surface area contributed by atoms with E-state index in [1.165, 1.54) is 18.5 Å². The molecule has 2 aromatic rings. The van der Waals surface area contributed by atoms with Crippen LogP contribution in [0.4, 0.5) is 5.69 Å². The molecule has 0 aliphatic carbocycles. The number of fused-ring (bicyclic) bond motifs is 1. The van der Waals surface area contributed by atoms with Gasteiger partial charge in [-0.3, -0.25) is 19.6 Å². The summed E-state index contributed by atoms with van der Waals surface area (Å²) in [6, 6.07) is 6.26. The Balaban J connectivity index is 1.48. The average Bonchev–Trinajstić information content (AvgIpc) is 2.97. The maximum atomic E-state index is 12.3. The Labute approximate surface area is 158 Å². The quantitative estimate of drug-likeness (QED) is 0.782. The van der Waals surface area contributed by atoms with Crippen LogP contribution in [0.15, 0.2) is 18.2 Å². The first-order chi connectivity index (χ1) is 13.1. The Kier molecular flexibility index (Phi) is 3.75. The van der Waals surface area contributed by atoms with Crippen molar-refractivity contribution in [1.82, 2.24) is 20.4 Å². The SMILES string of the molecule is Cn1nc(C2CCC(=O)NC2=O)c2cccc(N3CC4(CCNCC4)C3)c21. The number of carbonyl (C=O) groups excluding carboxylic acids is 2. The van der Waals surface area contributed by atoms with Gasteiger partial charge in [-0.25, -0.2) is 0 Å². The van der Waals surface area contributed by atoms with E-state index in [1.807, 2.05) is 17.8 Å². The highest BCUT2D eigenvalue weighted by atomic mass is 16.2. The highest BCUT2D eigenvalue weighted by Gasteiger charge is 2.44. The summed E-state index contributed by atoms with van der Waals surface area (Å²) >= 11 is 0. The first-order valence-electron chi connectivity index (χ1n) is 9.81. The molecule has 1 aromatic carbocycles. The fourth-order valence-electron chi connectivity index (χ4n) is 5.02. The second kappa shape index (κ2) is 6.05. The van der Waals surface area contributed by atoms with E-state index in [-0.39, 0.29) is 17.7 Å². The second-order valence-corrected chi connectivity index (χ2v) is 8.29. The third-order valence-electron chi connectivity index (χ3n) is 6.50. The fraction of sp³-hybridized carbons (Fsp3) is 0.550. The van der Waals surface area contributed by atoms with E-state index in [9.17, 15) is 9.59 Å². The molecule has 7 heteroatoms. The highest BCUT2D eigenvalue weighted by Crippen LogP contribution is 2.44. The number of nitrogens with one attached hydrogen (secondary N) is 2. The van der Waals surface area contributed by atoms with E-state index in [1.54, 1.807) is 0 Å². The van der Waals surface area contributed by atoms with Gasteiger partial charge in [-0.05, 0) is 38.4 Å². The number of nitrogens with zero attached hydrogens (tertiary/aromatic N) is 3. The molecule has 2 N–H and O–H groups in total. The van der Waals surface area contributed by atoms with Gasteiger partial charge in [0.15, 0.2) is 0 Å². The Morgan fingerprint density at radius 2 is 1.96 bits per heavy atom. The number of anilines is 1. The number of amides is 2. The van der Waals surface area contributed by atoms with Gasteiger partial charge in [0.2, 0.25) is 11.8 Å². The molecule has 3 saturated heterocycles. The number of rotatable bonds is 2. The van der Waals surface area contributed by atoms with Gasteiger partial charge in [0, 0.05) is 37.4 Å². The number of carbonyl (C=O) groups is 2. The van der Waals surface area contributed by atoms with Crippen molar-refractivity contribution >= 4 is 28.4 Å². The summed E-state index contributed by atoms with van der Waals surface area (Å²) in [4.78, 5) is 26.3. The Morgan fingerprint density at radius 1 is 1.19 bits per heavy atom. The van der Waals surface area contributed by atoms with Gasteiger partial charge in [0.1, 0.15) is 0 Å². The zero-order chi connectivity index (χ0) is 18.6. The lowest BCUT2D eigenvalue weighted by Gasteiger charge is -2.53. The Bertz CT molecular complexity index is 920. The van der Waals surface area contributed by atoms with Crippen LogP contribution in [0.5, 0.6) is 0 Å². The predicted molar refractivity (Wildman–Crippen MR) is 103 cm³/mol. The number of para-hydroxylation sites is 1. The lowest BCUT2D eigenvalue weighted by Crippen LogP contribution is -2.60. The molecule has 1 atom stereocenters. The topological polar surface area (TPSA) is 79.3 Å². The van der Waals surface area contributed by atoms with Crippen molar-refractivity contribution in [3.05, 3.63) is 23.9 Å². The molecule has 3 fully saturated rings. The minimum atomic E-state index is -0.353. The minimum absolute atomic E-state index is 0.190. The number of hydrogen-bond acceptors (Lipinski definition) is 5. The number of piperidine rings is 2. The Morgan fingerprint density at radius 3 is 2.70 bits per heavy atom. The summed E-state index contributed by atoms with van der Waals surface area (Å²) in [5, 5.41) is 11.6. The summed E-state index contributed by atoms with van der Waals surface area (Å²) < 4.78 is 1.90. The van der Waals surface area contributed by atoms with E-state index in [4.69, 9.17) is 5.10 Å². The fourth-order valence-corrected chi connectivity index (χ4v) is 5.02. The van der Waals surface area contributed by atoms with E-state index in [0.29, 0.717) is 18.3 Å². The van der Waals surface area contributed by atoms with Crippen molar-refractivity contribution in [1.29, 1.82) is 0 Å². The molecule has 2 amide bonds. The highest BCUT2D eigenvalue weighted by molar-refractivity contribution is 6.03. The van der Waals surface area contributed by atoms with E-state index in [2.05, 4.69) is 27.7 Å². The average molecular weight is 367 g/mol. The second-order valence-electron chi connectivity index (χ2n) is 8.29. The van der Waals surface area contributed by atoms with Crippen molar-refractivity contribution in [2.24, 2.45) is 12.5 Å². The van der Waals surface area contributed by atoms with Gasteiger partial charge in [0.25, 0.3) is 0 Å². The number of aromatic nitrogens is 2. The van der Waals surface area contributed by atoms with Gasteiger partial charge in [-0.1, -0.05) is 12.1 Å². The first kappa shape index (κ1) is 16.7. The third kappa shape index (κ3) is 2.64. The van der Waals surface area contributed by atoms with E-state index in [0.717, 1.165) is 42.8 Å². The molecule has 0 radical (unpaired) electrons. The standard InChI is InChI=1S/C20H25N5O2/c1-24-18-13(17(23-24)14-5-6-16(26)22-19(14)27)3-2-4-15(18)25-11-20(12-25)7-9-21-10-8-20/h2-4,14,21H,5-12H2,1H3,(H,22,26,27). The summed E-state index contributed by atoms with van der Waals surface area (Å²) in [6.45, 7) is 4.41. The molecular formula is C20H25N5O2. The number of imide groups is 1. The monoisotopic (exact) mass is 367 g/mol. The van der Waals surface area contributed by atoms with Gasteiger partial charge in [-0.2, -0.15) is 5.10 Å². The molecule has 1 unspecified atom stereocenters. The smallest absolute Gasteiger partial charge is 0.235 e. The molecule has 3 aliphatic heterocycles. The van der Waals surface area contributed by atoms with Crippen LogP contribution in [0.2, 0.25) is 0 Å². The van der Waals surface area contributed by atoms with Gasteiger partial charge in [-0.15, -0.1) is 0 Å². The predicted octanol–water partition coefficient (Wildman–Crippen LogP) is 1.28. The lowest BCUT2D eigenvalue weighted by molar-refractivity contribution is -0.134. The lowest BCUT2D eigenvalue weighted by atomic mass is 9.72. The summed E-state index contributed by atoms with van der Waals surface area (Å²) in [5.41, 5.74) is 3.53. The molecule has 27 heavy (non-hydrogen) atoms. The summed E-state index contributed by atoms with van der Waals surface area (Å²) in [6.07, 6.45) is 3.39. The van der Waals surface area contributed by atoms with Crippen molar-refractivity contribution in [2.45, 2.75) is 31.6 Å². The van der Waals surface area contributed by atoms with Crippen molar-refractivity contribution in [3.63, 3.8) is 0 Å². The van der Waals surface area contributed by atoms with Crippen molar-refractivity contribution < 1.29 is 9.59 Å². The van der Waals surface area contributed by atoms with Crippen molar-refractivity contribution in [3.8, 4) is 0 Å². The van der Waals surface area contributed by atoms with Crippen LogP contribution in [-0.4, -0.2) is 47.8 Å². The van der Waals surface area contributed by atoms with E-state index >= 15 is 0 Å². The van der Waals surface area contributed by atoms with E-state index < -0.39 is 0 Å². The molecule has 0 saturated carbocycles. The summed E-state index contributed by atoms with van der Waals surface area (Å²) in [7, 11) is 1.95. The van der Waals surface area contributed by atoms with Crippen LogP contribution in [0.25, 0.3) is 10.9 Å². The first-order valence-corrected chi connectivity index (χ1v) is 9.81. The van der Waals surface area contributed by atoms with Gasteiger partial charge >= 0.3 is 0 Å². The zero-order valence-corrected chi connectivity index (χ0v) is 15.6. The number of hydrogen-bond donors (Lipinski definition) is 2. The molecule has 1 spiro atoms. The molecule has 0 bridgehead atoms. The molecule has 3 aliphatic rings. The van der Waals surface area contributed by atoms with Crippen LogP contribution < -0.4 is 15.5 Å². The van der Waals surface area contributed by atoms with Gasteiger partial charge in [0.05, 0.1) is 22.8 Å². The van der Waals surface area contributed by atoms with Gasteiger partial charge < -0.3 is 10.2 Å². The van der Waals surface area contributed by atoms with Crippen LogP contribution >= 0.6 is 0 Å². The largest absolute Gasteiger partial charge is 0.369 e. The maximum absolute atomic E-state index is 12.3. The number of benzene rings is 1.